The first-order chi connectivity index (χ1) is 9.80. The highest BCUT2D eigenvalue weighted by atomic mass is 16.3. The second kappa shape index (κ2) is 5.98. The van der Waals surface area contributed by atoms with Crippen LogP contribution in [0.5, 0.6) is 0 Å². The molecule has 1 aromatic carbocycles. The van der Waals surface area contributed by atoms with E-state index in [4.69, 9.17) is 0 Å². The molecular formula is C17H25N3O. The molecule has 0 fully saturated rings. The first kappa shape index (κ1) is 15.7. The molecular weight excluding hydrogens is 262 g/mol. The molecule has 0 radical (unpaired) electrons. The summed E-state index contributed by atoms with van der Waals surface area (Å²) in [6.07, 6.45) is 1.46. The van der Waals surface area contributed by atoms with Gasteiger partial charge in [0.25, 0.3) is 0 Å². The molecule has 0 saturated carbocycles. The predicted molar refractivity (Wildman–Crippen MR) is 84.2 cm³/mol. The average molecular weight is 287 g/mol. The maximum absolute atomic E-state index is 10.7. The van der Waals surface area contributed by atoms with Crippen LogP contribution in [0.25, 0.3) is 0 Å². The number of aliphatic hydroxyl groups excluding tert-OH is 1. The van der Waals surface area contributed by atoms with E-state index in [0.717, 1.165) is 11.4 Å². The summed E-state index contributed by atoms with van der Waals surface area (Å²) < 4.78 is 1.86. The third kappa shape index (κ3) is 3.50. The lowest BCUT2D eigenvalue weighted by atomic mass is 9.82. The molecule has 1 atom stereocenters. The summed E-state index contributed by atoms with van der Waals surface area (Å²) in [7, 11) is 0. The van der Waals surface area contributed by atoms with Gasteiger partial charge in [-0.25, -0.2) is 9.67 Å². The number of rotatable bonds is 4. The van der Waals surface area contributed by atoms with Gasteiger partial charge >= 0.3 is 0 Å². The quantitative estimate of drug-likeness (QED) is 0.937. The van der Waals surface area contributed by atoms with Gasteiger partial charge in [0.1, 0.15) is 12.2 Å². The zero-order chi connectivity index (χ0) is 15.6. The van der Waals surface area contributed by atoms with Gasteiger partial charge in [-0.15, -0.1) is 0 Å². The first-order valence-corrected chi connectivity index (χ1v) is 7.46. The summed E-state index contributed by atoms with van der Waals surface area (Å²) in [5, 5.41) is 14.9. The van der Waals surface area contributed by atoms with Crippen LogP contribution in [0, 0.1) is 0 Å². The minimum Gasteiger partial charge on any atom is -0.388 e. The monoisotopic (exact) mass is 287 g/mol. The van der Waals surface area contributed by atoms with Crippen molar-refractivity contribution in [2.45, 2.75) is 58.6 Å². The van der Waals surface area contributed by atoms with Crippen LogP contribution in [0.3, 0.4) is 0 Å². The van der Waals surface area contributed by atoms with Crippen LogP contribution in [0.15, 0.2) is 30.6 Å². The highest BCUT2D eigenvalue weighted by molar-refractivity contribution is 5.34. The van der Waals surface area contributed by atoms with Crippen LogP contribution in [-0.4, -0.2) is 19.9 Å². The van der Waals surface area contributed by atoms with Crippen molar-refractivity contribution in [3.05, 3.63) is 47.5 Å². The third-order valence-corrected chi connectivity index (χ3v) is 3.64. The molecule has 0 amide bonds. The minimum absolute atomic E-state index is 0.00327. The normalized spacial score (nSPS) is 13.7. The number of aromatic nitrogens is 3. The van der Waals surface area contributed by atoms with E-state index >= 15 is 0 Å². The number of hydrogen-bond acceptors (Lipinski definition) is 3. The first-order valence-electron chi connectivity index (χ1n) is 7.46. The van der Waals surface area contributed by atoms with Crippen LogP contribution >= 0.6 is 0 Å². The Balaban J connectivity index is 2.29. The molecule has 21 heavy (non-hydrogen) atoms. The van der Waals surface area contributed by atoms with Crippen LogP contribution in [0.1, 0.15) is 63.7 Å². The van der Waals surface area contributed by atoms with Gasteiger partial charge < -0.3 is 5.11 Å². The molecule has 0 aliphatic heterocycles. The number of aliphatic hydroxyl groups is 1. The van der Waals surface area contributed by atoms with Gasteiger partial charge in [-0.05, 0) is 30.4 Å². The standard InChI is InChI=1S/C17H25N3O/c1-12(2)20-16(18-11-19-20)10-15(21)13-8-6-7-9-14(13)17(3,4)5/h6-9,11-12,15,21H,10H2,1-5H3. The fourth-order valence-electron chi connectivity index (χ4n) is 2.60. The van der Waals surface area contributed by atoms with Gasteiger partial charge in [0.2, 0.25) is 0 Å². The van der Waals surface area contributed by atoms with Crippen LogP contribution < -0.4 is 0 Å². The van der Waals surface area contributed by atoms with Crippen molar-refractivity contribution in [2.75, 3.05) is 0 Å². The molecule has 1 aromatic heterocycles. The molecule has 2 aromatic rings. The SMILES string of the molecule is CC(C)n1ncnc1CC(O)c1ccccc1C(C)(C)C. The molecule has 1 N–H and O–H groups in total. The maximum atomic E-state index is 10.7. The Kier molecular flexibility index (Phi) is 4.47. The Morgan fingerprint density at radius 1 is 1.19 bits per heavy atom. The molecule has 114 valence electrons. The second-order valence-corrected chi connectivity index (χ2v) is 6.77. The Labute approximate surface area is 126 Å². The molecule has 4 nitrogen and oxygen atoms in total. The van der Waals surface area contributed by atoms with Crippen molar-refractivity contribution < 1.29 is 5.11 Å². The zero-order valence-corrected chi connectivity index (χ0v) is 13.5. The third-order valence-electron chi connectivity index (χ3n) is 3.64. The zero-order valence-electron chi connectivity index (χ0n) is 13.5. The molecule has 4 heteroatoms. The predicted octanol–water partition coefficient (Wildman–Crippen LogP) is 3.43. The van der Waals surface area contributed by atoms with Gasteiger partial charge in [0, 0.05) is 12.5 Å². The molecule has 1 unspecified atom stereocenters. The number of nitrogens with zero attached hydrogens (tertiary/aromatic N) is 3. The summed E-state index contributed by atoms with van der Waals surface area (Å²) >= 11 is 0. The van der Waals surface area contributed by atoms with E-state index in [1.807, 2.05) is 22.9 Å². The molecule has 0 aliphatic carbocycles. The van der Waals surface area contributed by atoms with Crippen LogP contribution in [-0.2, 0) is 11.8 Å². The van der Waals surface area contributed by atoms with Crippen molar-refractivity contribution in [2.24, 2.45) is 0 Å². The Bertz CT molecular complexity index is 596. The fourth-order valence-corrected chi connectivity index (χ4v) is 2.60. The Hall–Kier alpha value is -1.68. The Morgan fingerprint density at radius 3 is 2.48 bits per heavy atom. The van der Waals surface area contributed by atoms with E-state index in [9.17, 15) is 5.11 Å². The van der Waals surface area contributed by atoms with E-state index in [-0.39, 0.29) is 11.5 Å². The summed E-state index contributed by atoms with van der Waals surface area (Å²) in [4.78, 5) is 4.29. The molecule has 0 aliphatic rings. The largest absolute Gasteiger partial charge is 0.388 e. The smallest absolute Gasteiger partial charge is 0.138 e. The number of benzene rings is 1. The minimum atomic E-state index is -0.567. The van der Waals surface area contributed by atoms with E-state index in [2.05, 4.69) is 50.8 Å². The van der Waals surface area contributed by atoms with Gasteiger partial charge in [0.05, 0.1) is 6.10 Å². The molecule has 2 rings (SSSR count). The number of hydrogen-bond donors (Lipinski definition) is 1. The highest BCUT2D eigenvalue weighted by Gasteiger charge is 2.23. The van der Waals surface area contributed by atoms with Crippen molar-refractivity contribution in [1.29, 1.82) is 0 Å². The van der Waals surface area contributed by atoms with Crippen molar-refractivity contribution >= 4 is 0 Å². The van der Waals surface area contributed by atoms with Gasteiger partial charge in [-0.1, -0.05) is 45.0 Å². The van der Waals surface area contributed by atoms with E-state index in [1.165, 1.54) is 5.56 Å². The molecule has 0 bridgehead atoms. The van der Waals surface area contributed by atoms with E-state index in [0.29, 0.717) is 6.42 Å². The summed E-state index contributed by atoms with van der Waals surface area (Å²) in [5.74, 6) is 0.821. The fraction of sp³-hybridized carbons (Fsp3) is 0.529. The van der Waals surface area contributed by atoms with Crippen molar-refractivity contribution in [3.8, 4) is 0 Å². The average Bonchev–Trinajstić information content (AvgIpc) is 2.86. The lowest BCUT2D eigenvalue weighted by molar-refractivity contribution is 0.171. The summed E-state index contributed by atoms with van der Waals surface area (Å²) in [6.45, 7) is 10.6. The van der Waals surface area contributed by atoms with E-state index in [1.54, 1.807) is 6.33 Å². The lowest BCUT2D eigenvalue weighted by Crippen LogP contribution is -2.18. The molecule has 1 heterocycles. The highest BCUT2D eigenvalue weighted by Crippen LogP contribution is 2.30. The Morgan fingerprint density at radius 2 is 1.86 bits per heavy atom. The summed E-state index contributed by atoms with van der Waals surface area (Å²) in [6, 6.07) is 8.33. The van der Waals surface area contributed by atoms with Gasteiger partial charge in [-0.2, -0.15) is 5.10 Å². The van der Waals surface area contributed by atoms with Crippen molar-refractivity contribution in [1.82, 2.24) is 14.8 Å². The molecule has 0 spiro atoms. The topological polar surface area (TPSA) is 50.9 Å². The van der Waals surface area contributed by atoms with Crippen LogP contribution in [0.4, 0.5) is 0 Å². The van der Waals surface area contributed by atoms with Crippen molar-refractivity contribution in [3.63, 3.8) is 0 Å². The maximum Gasteiger partial charge on any atom is 0.138 e. The van der Waals surface area contributed by atoms with E-state index < -0.39 is 6.10 Å². The van der Waals surface area contributed by atoms with Gasteiger partial charge in [0.15, 0.2) is 0 Å². The second-order valence-electron chi connectivity index (χ2n) is 6.77. The summed E-state index contributed by atoms with van der Waals surface area (Å²) in [5.41, 5.74) is 2.15. The lowest BCUT2D eigenvalue weighted by Gasteiger charge is -2.25. The van der Waals surface area contributed by atoms with Crippen LogP contribution in [0.2, 0.25) is 0 Å². The molecule has 0 saturated heterocycles. The van der Waals surface area contributed by atoms with Gasteiger partial charge in [-0.3, -0.25) is 0 Å².